The highest BCUT2D eigenvalue weighted by Crippen LogP contribution is 2.16. The van der Waals surface area contributed by atoms with Crippen LogP contribution in [0.25, 0.3) is 0 Å². The van der Waals surface area contributed by atoms with Crippen molar-refractivity contribution in [3.63, 3.8) is 0 Å². The fourth-order valence-electron chi connectivity index (χ4n) is 0.797. The molecule has 1 rings (SSSR count). The van der Waals surface area contributed by atoms with Crippen molar-refractivity contribution in [2.24, 2.45) is 0 Å². The Balaban J connectivity index is 0.000000671. The number of phenolic OH excluding ortho intramolecular Hbond substituents is 1. The summed E-state index contributed by atoms with van der Waals surface area (Å²) in [6.45, 7) is 7.93. The molecule has 0 aliphatic rings. The monoisotopic (exact) mass is 182 g/mol. The van der Waals surface area contributed by atoms with Crippen LogP contribution in [0.15, 0.2) is 24.3 Å². The SMILES string of the molecule is CC.CC(C)Oc1ccc(O)cc1. The maximum atomic E-state index is 8.94. The van der Waals surface area contributed by atoms with E-state index in [1.807, 2.05) is 27.7 Å². The molecule has 1 aromatic rings. The van der Waals surface area contributed by atoms with Gasteiger partial charge in [-0.05, 0) is 38.1 Å². The van der Waals surface area contributed by atoms with E-state index in [0.29, 0.717) is 0 Å². The van der Waals surface area contributed by atoms with Gasteiger partial charge in [0.2, 0.25) is 0 Å². The Bertz CT molecular complexity index is 214. The topological polar surface area (TPSA) is 29.5 Å². The number of hydrogen-bond donors (Lipinski definition) is 1. The van der Waals surface area contributed by atoms with Gasteiger partial charge >= 0.3 is 0 Å². The Morgan fingerprint density at radius 3 is 1.92 bits per heavy atom. The summed E-state index contributed by atoms with van der Waals surface area (Å²) in [6, 6.07) is 6.71. The summed E-state index contributed by atoms with van der Waals surface area (Å²) in [7, 11) is 0. The largest absolute Gasteiger partial charge is 0.508 e. The van der Waals surface area contributed by atoms with E-state index >= 15 is 0 Å². The normalized spacial score (nSPS) is 9.00. The molecule has 13 heavy (non-hydrogen) atoms. The van der Waals surface area contributed by atoms with Crippen molar-refractivity contribution < 1.29 is 9.84 Å². The van der Waals surface area contributed by atoms with Gasteiger partial charge in [0, 0.05) is 0 Å². The van der Waals surface area contributed by atoms with Crippen LogP contribution in [-0.4, -0.2) is 11.2 Å². The molecule has 0 aromatic heterocycles. The van der Waals surface area contributed by atoms with E-state index in [4.69, 9.17) is 9.84 Å². The predicted molar refractivity (Wildman–Crippen MR) is 55.2 cm³/mol. The van der Waals surface area contributed by atoms with Gasteiger partial charge in [-0.25, -0.2) is 0 Å². The fraction of sp³-hybridized carbons (Fsp3) is 0.455. The number of benzene rings is 1. The van der Waals surface area contributed by atoms with Gasteiger partial charge in [-0.15, -0.1) is 0 Å². The number of aromatic hydroxyl groups is 1. The summed E-state index contributed by atoms with van der Waals surface area (Å²) in [5, 5.41) is 8.94. The molecule has 74 valence electrons. The summed E-state index contributed by atoms with van der Waals surface area (Å²) < 4.78 is 5.36. The molecule has 2 heteroatoms. The maximum Gasteiger partial charge on any atom is 0.119 e. The van der Waals surface area contributed by atoms with Gasteiger partial charge in [0.1, 0.15) is 11.5 Å². The molecule has 0 saturated heterocycles. The van der Waals surface area contributed by atoms with Crippen LogP contribution in [0.3, 0.4) is 0 Å². The van der Waals surface area contributed by atoms with Crippen molar-refractivity contribution in [2.75, 3.05) is 0 Å². The standard InChI is InChI=1S/C9H12O2.C2H6/c1-7(2)11-9-5-3-8(10)4-6-9;1-2/h3-7,10H,1-2H3;1-2H3. The molecule has 0 spiro atoms. The highest BCUT2D eigenvalue weighted by Gasteiger charge is 1.95. The molecule has 0 unspecified atom stereocenters. The summed E-state index contributed by atoms with van der Waals surface area (Å²) >= 11 is 0. The lowest BCUT2D eigenvalue weighted by Gasteiger charge is -2.08. The quantitative estimate of drug-likeness (QED) is 0.761. The lowest BCUT2D eigenvalue weighted by Crippen LogP contribution is -2.04. The molecule has 0 amide bonds. The molecule has 0 saturated carbocycles. The highest BCUT2D eigenvalue weighted by molar-refractivity contribution is 5.30. The fourth-order valence-corrected chi connectivity index (χ4v) is 0.797. The third-order valence-electron chi connectivity index (χ3n) is 1.21. The lowest BCUT2D eigenvalue weighted by atomic mass is 10.3. The van der Waals surface area contributed by atoms with E-state index in [0.717, 1.165) is 5.75 Å². The van der Waals surface area contributed by atoms with Crippen molar-refractivity contribution in [3.8, 4) is 11.5 Å². The second-order valence-electron chi connectivity index (χ2n) is 2.66. The average molecular weight is 182 g/mol. The third kappa shape index (κ3) is 5.12. The van der Waals surface area contributed by atoms with Crippen LogP contribution < -0.4 is 4.74 Å². The van der Waals surface area contributed by atoms with E-state index in [-0.39, 0.29) is 11.9 Å². The predicted octanol–water partition coefficient (Wildman–Crippen LogP) is 3.21. The van der Waals surface area contributed by atoms with Gasteiger partial charge in [-0.1, -0.05) is 13.8 Å². The second kappa shape index (κ2) is 6.35. The maximum absolute atomic E-state index is 8.94. The molecule has 0 heterocycles. The Labute approximate surface area is 80.2 Å². The second-order valence-corrected chi connectivity index (χ2v) is 2.66. The summed E-state index contributed by atoms with van der Waals surface area (Å²) in [5.41, 5.74) is 0. The van der Waals surface area contributed by atoms with E-state index in [9.17, 15) is 0 Å². The molecule has 0 fully saturated rings. The van der Waals surface area contributed by atoms with Gasteiger partial charge in [0.05, 0.1) is 6.10 Å². The molecule has 0 radical (unpaired) electrons. The Kier molecular flexibility index (Phi) is 5.77. The Morgan fingerprint density at radius 1 is 1.08 bits per heavy atom. The molecule has 1 aromatic carbocycles. The van der Waals surface area contributed by atoms with E-state index in [1.165, 1.54) is 0 Å². The minimum absolute atomic E-state index is 0.180. The zero-order valence-corrected chi connectivity index (χ0v) is 8.74. The van der Waals surface area contributed by atoms with Gasteiger partial charge in [-0.3, -0.25) is 0 Å². The van der Waals surface area contributed by atoms with Gasteiger partial charge in [-0.2, -0.15) is 0 Å². The molecule has 0 atom stereocenters. The van der Waals surface area contributed by atoms with Gasteiger partial charge < -0.3 is 9.84 Å². The van der Waals surface area contributed by atoms with Crippen molar-refractivity contribution in [1.29, 1.82) is 0 Å². The van der Waals surface area contributed by atoms with Gasteiger partial charge in [0.25, 0.3) is 0 Å². The Hall–Kier alpha value is -1.18. The first-order valence-electron chi connectivity index (χ1n) is 4.64. The number of ether oxygens (including phenoxy) is 1. The van der Waals surface area contributed by atoms with Gasteiger partial charge in [0.15, 0.2) is 0 Å². The third-order valence-corrected chi connectivity index (χ3v) is 1.21. The molecule has 0 bridgehead atoms. The smallest absolute Gasteiger partial charge is 0.119 e. The van der Waals surface area contributed by atoms with E-state index in [1.54, 1.807) is 24.3 Å². The highest BCUT2D eigenvalue weighted by atomic mass is 16.5. The van der Waals surface area contributed by atoms with Crippen LogP contribution in [0.2, 0.25) is 0 Å². The summed E-state index contributed by atoms with van der Waals surface area (Å²) in [6.07, 6.45) is 0.180. The minimum Gasteiger partial charge on any atom is -0.508 e. The number of hydrogen-bond acceptors (Lipinski definition) is 2. The van der Waals surface area contributed by atoms with Crippen molar-refractivity contribution in [1.82, 2.24) is 0 Å². The van der Waals surface area contributed by atoms with Crippen molar-refractivity contribution in [2.45, 2.75) is 33.8 Å². The first-order valence-corrected chi connectivity index (χ1v) is 4.64. The number of rotatable bonds is 2. The first kappa shape index (κ1) is 11.8. The summed E-state index contributed by atoms with van der Waals surface area (Å²) in [4.78, 5) is 0. The molecule has 0 aliphatic heterocycles. The number of phenols is 1. The molecule has 1 N–H and O–H groups in total. The zero-order chi connectivity index (χ0) is 10.3. The first-order chi connectivity index (χ1) is 6.18. The average Bonchev–Trinajstić information content (AvgIpc) is 2.12. The molecule has 2 nitrogen and oxygen atoms in total. The minimum atomic E-state index is 0.180. The van der Waals surface area contributed by atoms with E-state index < -0.39 is 0 Å². The Morgan fingerprint density at radius 2 is 1.54 bits per heavy atom. The van der Waals surface area contributed by atoms with Crippen molar-refractivity contribution in [3.05, 3.63) is 24.3 Å². The zero-order valence-electron chi connectivity index (χ0n) is 8.74. The van der Waals surface area contributed by atoms with Crippen LogP contribution in [-0.2, 0) is 0 Å². The van der Waals surface area contributed by atoms with Crippen LogP contribution in [0.4, 0.5) is 0 Å². The molecule has 0 aliphatic carbocycles. The van der Waals surface area contributed by atoms with Crippen LogP contribution in [0, 0.1) is 0 Å². The van der Waals surface area contributed by atoms with Crippen LogP contribution in [0.5, 0.6) is 11.5 Å². The van der Waals surface area contributed by atoms with Crippen molar-refractivity contribution >= 4 is 0 Å². The van der Waals surface area contributed by atoms with Crippen LogP contribution in [0.1, 0.15) is 27.7 Å². The summed E-state index contributed by atoms with van der Waals surface area (Å²) in [5.74, 6) is 1.05. The lowest BCUT2D eigenvalue weighted by molar-refractivity contribution is 0.242. The molecular formula is C11H18O2. The molecular weight excluding hydrogens is 164 g/mol. The van der Waals surface area contributed by atoms with Crippen LogP contribution >= 0.6 is 0 Å². The van der Waals surface area contributed by atoms with E-state index in [2.05, 4.69) is 0 Å².